The lowest BCUT2D eigenvalue weighted by molar-refractivity contribution is -0.384. The number of hydrogen-bond acceptors (Lipinski definition) is 4. The zero-order valence-electron chi connectivity index (χ0n) is 13.6. The molecule has 0 saturated heterocycles. The van der Waals surface area contributed by atoms with Crippen molar-refractivity contribution in [1.29, 1.82) is 0 Å². The molecule has 0 heterocycles. The van der Waals surface area contributed by atoms with E-state index in [1.807, 2.05) is 51.2 Å². The van der Waals surface area contributed by atoms with Crippen LogP contribution in [0.3, 0.4) is 0 Å². The molecule has 0 radical (unpaired) electrons. The van der Waals surface area contributed by atoms with Crippen molar-refractivity contribution in [3.63, 3.8) is 0 Å². The van der Waals surface area contributed by atoms with Crippen molar-refractivity contribution < 1.29 is 10.0 Å². The van der Waals surface area contributed by atoms with E-state index in [-0.39, 0.29) is 17.8 Å². The van der Waals surface area contributed by atoms with Gasteiger partial charge in [0.15, 0.2) is 0 Å². The van der Waals surface area contributed by atoms with Gasteiger partial charge in [-0.25, -0.2) is 0 Å². The molecule has 0 unspecified atom stereocenters. The first-order chi connectivity index (χ1) is 10.9. The Bertz CT molecular complexity index is 643. The molecule has 2 rings (SSSR count). The van der Waals surface area contributed by atoms with Gasteiger partial charge in [-0.3, -0.25) is 15.0 Å². The van der Waals surface area contributed by atoms with E-state index in [9.17, 15) is 15.2 Å². The highest BCUT2D eigenvalue weighted by Gasteiger charge is 2.24. The third-order valence-electron chi connectivity index (χ3n) is 4.44. The summed E-state index contributed by atoms with van der Waals surface area (Å²) in [5.41, 5.74) is 1.94. The Morgan fingerprint density at radius 1 is 1.00 bits per heavy atom. The van der Waals surface area contributed by atoms with Crippen molar-refractivity contribution in [2.24, 2.45) is 0 Å². The summed E-state index contributed by atoms with van der Waals surface area (Å²) in [7, 11) is 1.95. The minimum Gasteiger partial charge on any atom is -0.387 e. The van der Waals surface area contributed by atoms with Crippen molar-refractivity contribution in [3.8, 4) is 0 Å². The predicted octanol–water partition coefficient (Wildman–Crippen LogP) is 3.71. The zero-order chi connectivity index (χ0) is 17.0. The van der Waals surface area contributed by atoms with Crippen LogP contribution in [0.4, 0.5) is 5.69 Å². The number of hydrogen-bond donors (Lipinski definition) is 1. The number of likely N-dealkylation sites (N-methyl/N-ethyl adjacent to an activating group) is 1. The molecule has 0 aliphatic carbocycles. The molecule has 0 bridgehead atoms. The van der Waals surface area contributed by atoms with Crippen LogP contribution in [-0.4, -0.2) is 28.0 Å². The van der Waals surface area contributed by atoms with Gasteiger partial charge in [-0.15, -0.1) is 0 Å². The van der Waals surface area contributed by atoms with E-state index in [0.717, 1.165) is 11.1 Å². The van der Waals surface area contributed by atoms with Gasteiger partial charge in [0.25, 0.3) is 5.69 Å². The molecule has 5 heteroatoms. The van der Waals surface area contributed by atoms with Crippen molar-refractivity contribution in [3.05, 3.63) is 75.8 Å². The molecule has 0 fully saturated rings. The fourth-order valence-corrected chi connectivity index (χ4v) is 2.61. The Morgan fingerprint density at radius 3 is 2.09 bits per heavy atom. The van der Waals surface area contributed by atoms with Crippen molar-refractivity contribution in [2.45, 2.75) is 32.0 Å². The minimum absolute atomic E-state index is 0.0316. The van der Waals surface area contributed by atoms with Gasteiger partial charge in [0.1, 0.15) is 0 Å². The number of rotatable bonds is 6. The topological polar surface area (TPSA) is 66.6 Å². The molecule has 23 heavy (non-hydrogen) atoms. The Kier molecular flexibility index (Phi) is 5.47. The predicted molar refractivity (Wildman–Crippen MR) is 90.1 cm³/mol. The van der Waals surface area contributed by atoms with Crippen molar-refractivity contribution in [2.75, 3.05) is 7.05 Å². The van der Waals surface area contributed by atoms with Crippen LogP contribution >= 0.6 is 0 Å². The van der Waals surface area contributed by atoms with Crippen molar-refractivity contribution >= 4 is 5.69 Å². The first-order valence-electron chi connectivity index (χ1n) is 7.61. The number of aliphatic hydroxyl groups excluding tert-OH is 1. The van der Waals surface area contributed by atoms with E-state index in [4.69, 9.17) is 0 Å². The lowest BCUT2D eigenvalue weighted by Gasteiger charge is -2.34. The number of nitrogens with zero attached hydrogens (tertiary/aromatic N) is 2. The summed E-state index contributed by atoms with van der Waals surface area (Å²) >= 11 is 0. The fraction of sp³-hybridized carbons (Fsp3) is 0.333. The van der Waals surface area contributed by atoms with E-state index in [2.05, 4.69) is 4.90 Å². The van der Waals surface area contributed by atoms with Crippen LogP contribution in [0.15, 0.2) is 54.6 Å². The SMILES string of the molecule is C[C@H](c1ccc([N+](=O)[O-])cc1)N(C)[C@@H](C)[C@H](O)c1ccccc1. The lowest BCUT2D eigenvalue weighted by atomic mass is 9.99. The maximum atomic E-state index is 10.7. The van der Waals surface area contributed by atoms with Gasteiger partial charge in [-0.2, -0.15) is 0 Å². The second-order valence-electron chi connectivity index (χ2n) is 5.79. The molecule has 0 amide bonds. The van der Waals surface area contributed by atoms with Gasteiger partial charge in [-0.1, -0.05) is 42.5 Å². The van der Waals surface area contributed by atoms with E-state index in [0.29, 0.717) is 0 Å². The van der Waals surface area contributed by atoms with Gasteiger partial charge in [0.05, 0.1) is 11.0 Å². The smallest absolute Gasteiger partial charge is 0.269 e. The van der Waals surface area contributed by atoms with Gasteiger partial charge < -0.3 is 5.11 Å². The fourth-order valence-electron chi connectivity index (χ4n) is 2.61. The summed E-state index contributed by atoms with van der Waals surface area (Å²) in [6, 6.07) is 16.0. The van der Waals surface area contributed by atoms with Crippen LogP contribution in [0.2, 0.25) is 0 Å². The van der Waals surface area contributed by atoms with Gasteiger partial charge in [0.2, 0.25) is 0 Å². The van der Waals surface area contributed by atoms with Gasteiger partial charge in [-0.05, 0) is 32.0 Å². The number of nitro groups is 1. The van der Waals surface area contributed by atoms with Crippen molar-refractivity contribution in [1.82, 2.24) is 4.90 Å². The normalized spacial score (nSPS) is 15.2. The summed E-state index contributed by atoms with van der Waals surface area (Å²) in [6.45, 7) is 3.99. The maximum Gasteiger partial charge on any atom is 0.269 e. The highest BCUT2D eigenvalue weighted by atomic mass is 16.6. The van der Waals surface area contributed by atoms with E-state index in [1.165, 1.54) is 12.1 Å². The first-order valence-corrected chi connectivity index (χ1v) is 7.61. The molecule has 0 spiro atoms. The van der Waals surface area contributed by atoms with Crippen LogP contribution < -0.4 is 0 Å². The summed E-state index contributed by atoms with van der Waals surface area (Å²) in [5.74, 6) is 0. The third kappa shape index (κ3) is 3.94. The van der Waals surface area contributed by atoms with E-state index < -0.39 is 11.0 Å². The molecule has 0 aromatic heterocycles. The molecule has 0 aliphatic rings. The highest BCUT2D eigenvalue weighted by molar-refractivity contribution is 5.34. The summed E-state index contributed by atoms with van der Waals surface area (Å²) in [6.07, 6.45) is -0.596. The van der Waals surface area contributed by atoms with E-state index >= 15 is 0 Å². The first kappa shape index (κ1) is 17.1. The Balaban J connectivity index is 2.11. The van der Waals surface area contributed by atoms with Crippen LogP contribution in [0.25, 0.3) is 0 Å². The molecule has 3 atom stereocenters. The van der Waals surface area contributed by atoms with Gasteiger partial charge in [0, 0.05) is 24.2 Å². The summed E-state index contributed by atoms with van der Waals surface area (Å²) < 4.78 is 0. The molecule has 5 nitrogen and oxygen atoms in total. The minimum atomic E-state index is -0.596. The summed E-state index contributed by atoms with van der Waals surface area (Å²) in [4.78, 5) is 12.4. The van der Waals surface area contributed by atoms with Gasteiger partial charge >= 0.3 is 0 Å². The molecule has 1 N–H and O–H groups in total. The molecule has 0 saturated carbocycles. The second kappa shape index (κ2) is 7.35. The Hall–Kier alpha value is -2.24. The van der Waals surface area contributed by atoms with Crippen LogP contribution in [0.1, 0.15) is 37.1 Å². The maximum absolute atomic E-state index is 10.7. The quantitative estimate of drug-likeness (QED) is 0.652. The average Bonchev–Trinajstić information content (AvgIpc) is 2.60. The monoisotopic (exact) mass is 314 g/mol. The number of non-ortho nitro benzene ring substituents is 1. The molecule has 122 valence electrons. The van der Waals surface area contributed by atoms with Crippen LogP contribution in [0.5, 0.6) is 0 Å². The largest absolute Gasteiger partial charge is 0.387 e. The van der Waals surface area contributed by atoms with Crippen LogP contribution in [-0.2, 0) is 0 Å². The third-order valence-corrected chi connectivity index (χ3v) is 4.44. The second-order valence-corrected chi connectivity index (χ2v) is 5.79. The number of nitro benzene ring substituents is 1. The number of benzene rings is 2. The summed E-state index contributed by atoms with van der Waals surface area (Å²) in [5, 5.41) is 21.3. The molecule has 0 aliphatic heterocycles. The highest BCUT2D eigenvalue weighted by Crippen LogP contribution is 2.28. The average molecular weight is 314 g/mol. The standard InChI is InChI=1S/C18H22N2O3/c1-13(15-9-11-17(12-10-15)20(22)23)19(3)14(2)18(21)16-7-5-4-6-8-16/h4-14,18,21H,1-3H3/t13-,14+,18+/m1/s1. The number of aliphatic hydroxyl groups is 1. The van der Waals surface area contributed by atoms with Crippen LogP contribution in [0, 0.1) is 10.1 Å². The Morgan fingerprint density at radius 2 is 1.57 bits per heavy atom. The molecule has 2 aromatic rings. The lowest BCUT2D eigenvalue weighted by Crippen LogP contribution is -2.36. The molecule has 2 aromatic carbocycles. The molecular formula is C18H22N2O3. The molecular weight excluding hydrogens is 292 g/mol. The van der Waals surface area contributed by atoms with E-state index in [1.54, 1.807) is 12.1 Å². The Labute approximate surface area is 136 Å². The zero-order valence-corrected chi connectivity index (χ0v) is 13.6.